The van der Waals surface area contributed by atoms with Crippen molar-refractivity contribution < 1.29 is 4.74 Å². The first kappa shape index (κ1) is 13.9. The van der Waals surface area contributed by atoms with E-state index in [2.05, 4.69) is 37.3 Å². The van der Waals surface area contributed by atoms with Crippen LogP contribution in [0.2, 0.25) is 0 Å². The maximum Gasteiger partial charge on any atom is 0.123 e. The maximum atomic E-state index is 5.90. The molecular formula is C22H26O. The third-order valence-corrected chi connectivity index (χ3v) is 7.03. The van der Waals surface area contributed by atoms with Crippen LogP contribution >= 0.6 is 0 Å². The molecule has 4 bridgehead atoms. The average molecular weight is 306 g/mol. The van der Waals surface area contributed by atoms with Crippen molar-refractivity contribution in [3.63, 3.8) is 0 Å². The highest BCUT2D eigenvalue weighted by atomic mass is 16.5. The number of ether oxygens (including phenoxy) is 1. The molecule has 0 N–H and O–H groups in total. The third-order valence-electron chi connectivity index (χ3n) is 7.03. The van der Waals surface area contributed by atoms with Gasteiger partial charge in [-0.3, -0.25) is 0 Å². The second kappa shape index (κ2) is 4.75. The van der Waals surface area contributed by atoms with E-state index in [1.165, 1.54) is 60.4 Å². The smallest absolute Gasteiger partial charge is 0.123 e. The summed E-state index contributed by atoms with van der Waals surface area (Å²) in [5, 5.41) is 2.73. The van der Waals surface area contributed by atoms with Gasteiger partial charge < -0.3 is 4.74 Å². The molecule has 0 aromatic heterocycles. The Labute approximate surface area is 139 Å². The molecule has 0 atom stereocenters. The van der Waals surface area contributed by atoms with Crippen molar-refractivity contribution in [1.29, 1.82) is 0 Å². The summed E-state index contributed by atoms with van der Waals surface area (Å²) in [6.45, 7) is 2.20. The van der Waals surface area contributed by atoms with Gasteiger partial charge in [0.05, 0.1) is 7.11 Å². The number of hydrogen-bond donors (Lipinski definition) is 0. The number of fused-ring (bicyclic) bond motifs is 1. The van der Waals surface area contributed by atoms with Crippen LogP contribution in [0.25, 0.3) is 10.8 Å². The van der Waals surface area contributed by atoms with E-state index < -0.39 is 0 Å². The van der Waals surface area contributed by atoms with Crippen LogP contribution in [0.1, 0.15) is 49.7 Å². The normalized spacial score (nSPS) is 35.0. The zero-order chi connectivity index (χ0) is 15.6. The number of hydrogen-bond acceptors (Lipinski definition) is 1. The third kappa shape index (κ3) is 1.98. The summed E-state index contributed by atoms with van der Waals surface area (Å²) < 4.78 is 5.90. The Bertz CT molecular complexity index is 738. The van der Waals surface area contributed by atoms with Gasteiger partial charge in [0.2, 0.25) is 0 Å². The molecule has 0 unspecified atom stereocenters. The summed E-state index contributed by atoms with van der Waals surface area (Å²) in [5.41, 5.74) is 3.26. The zero-order valence-electron chi connectivity index (χ0n) is 14.3. The first-order valence-electron chi connectivity index (χ1n) is 9.25. The molecule has 1 heteroatoms. The number of aryl methyl sites for hydroxylation is 1. The fourth-order valence-electron chi connectivity index (χ4n) is 6.49. The Balaban J connectivity index is 1.70. The fraction of sp³-hybridized carbons (Fsp3) is 0.545. The lowest BCUT2D eigenvalue weighted by Crippen LogP contribution is -2.48. The van der Waals surface area contributed by atoms with Gasteiger partial charge in [0.25, 0.3) is 0 Å². The van der Waals surface area contributed by atoms with E-state index >= 15 is 0 Å². The lowest BCUT2D eigenvalue weighted by atomic mass is 9.48. The Morgan fingerprint density at radius 3 is 2.22 bits per heavy atom. The summed E-state index contributed by atoms with van der Waals surface area (Å²) in [6, 6.07) is 11.4. The lowest BCUT2D eigenvalue weighted by Gasteiger charge is -2.57. The van der Waals surface area contributed by atoms with E-state index in [-0.39, 0.29) is 0 Å². The minimum absolute atomic E-state index is 0.401. The highest BCUT2D eigenvalue weighted by molar-refractivity contribution is 5.88. The van der Waals surface area contributed by atoms with Crippen LogP contribution < -0.4 is 4.74 Å². The van der Waals surface area contributed by atoms with Crippen LogP contribution in [0.4, 0.5) is 0 Å². The van der Waals surface area contributed by atoms with Gasteiger partial charge in [-0.1, -0.05) is 18.2 Å². The Kier molecular flexibility index (Phi) is 2.87. The second-order valence-corrected chi connectivity index (χ2v) is 8.55. The van der Waals surface area contributed by atoms with E-state index in [0.717, 1.165) is 23.5 Å². The average Bonchev–Trinajstić information content (AvgIpc) is 2.53. The molecule has 1 nitrogen and oxygen atoms in total. The van der Waals surface area contributed by atoms with Crippen LogP contribution in [0.15, 0.2) is 30.3 Å². The van der Waals surface area contributed by atoms with E-state index in [1.807, 2.05) is 7.11 Å². The molecule has 4 aliphatic carbocycles. The number of methoxy groups -OCH3 is 1. The predicted molar refractivity (Wildman–Crippen MR) is 95.1 cm³/mol. The second-order valence-electron chi connectivity index (χ2n) is 8.55. The molecule has 2 aromatic rings. The fourth-order valence-corrected chi connectivity index (χ4v) is 6.49. The number of rotatable bonds is 2. The molecule has 0 amide bonds. The van der Waals surface area contributed by atoms with Gasteiger partial charge in [0, 0.05) is 5.56 Å². The van der Waals surface area contributed by atoms with Gasteiger partial charge in [-0.05, 0) is 97.1 Å². The Morgan fingerprint density at radius 1 is 0.957 bits per heavy atom. The lowest BCUT2D eigenvalue weighted by molar-refractivity contribution is -0.00608. The molecule has 4 saturated carbocycles. The first-order valence-corrected chi connectivity index (χ1v) is 9.25. The van der Waals surface area contributed by atoms with Crippen LogP contribution in [-0.2, 0) is 5.41 Å². The summed E-state index contributed by atoms with van der Waals surface area (Å²) in [7, 11) is 1.85. The van der Waals surface area contributed by atoms with Crippen LogP contribution in [0, 0.1) is 24.7 Å². The molecule has 0 radical (unpaired) electrons. The molecule has 2 aromatic carbocycles. The summed E-state index contributed by atoms with van der Waals surface area (Å²) >= 11 is 0. The molecule has 23 heavy (non-hydrogen) atoms. The van der Waals surface area contributed by atoms with Gasteiger partial charge in [-0.25, -0.2) is 0 Å². The summed E-state index contributed by atoms with van der Waals surface area (Å²) in [4.78, 5) is 0. The van der Waals surface area contributed by atoms with Crippen LogP contribution in [0.5, 0.6) is 5.75 Å². The highest BCUT2D eigenvalue weighted by Crippen LogP contribution is 2.62. The predicted octanol–water partition coefficient (Wildman–Crippen LogP) is 5.62. The van der Waals surface area contributed by atoms with Gasteiger partial charge >= 0.3 is 0 Å². The summed E-state index contributed by atoms with van der Waals surface area (Å²) in [6.07, 6.45) is 8.67. The molecule has 0 heterocycles. The molecule has 4 fully saturated rings. The van der Waals surface area contributed by atoms with Crippen molar-refractivity contribution >= 4 is 10.8 Å². The van der Waals surface area contributed by atoms with Gasteiger partial charge in [-0.15, -0.1) is 0 Å². The van der Waals surface area contributed by atoms with E-state index in [1.54, 1.807) is 0 Å². The Morgan fingerprint density at radius 2 is 1.61 bits per heavy atom. The maximum absolute atomic E-state index is 5.90. The Hall–Kier alpha value is -1.50. The molecule has 6 rings (SSSR count). The van der Waals surface area contributed by atoms with Gasteiger partial charge in [0.15, 0.2) is 0 Å². The molecule has 0 spiro atoms. The number of benzene rings is 2. The van der Waals surface area contributed by atoms with Crippen molar-refractivity contribution in [1.82, 2.24) is 0 Å². The molecule has 120 valence electrons. The van der Waals surface area contributed by atoms with Gasteiger partial charge in [0.1, 0.15) is 5.75 Å². The van der Waals surface area contributed by atoms with E-state index in [9.17, 15) is 0 Å². The zero-order valence-corrected chi connectivity index (χ0v) is 14.3. The van der Waals surface area contributed by atoms with Crippen LogP contribution in [0.3, 0.4) is 0 Å². The van der Waals surface area contributed by atoms with E-state index in [4.69, 9.17) is 4.74 Å². The van der Waals surface area contributed by atoms with Crippen molar-refractivity contribution in [2.75, 3.05) is 7.11 Å². The molecule has 0 saturated heterocycles. The van der Waals surface area contributed by atoms with Crippen molar-refractivity contribution in [2.45, 2.75) is 50.9 Å². The van der Waals surface area contributed by atoms with Crippen molar-refractivity contribution in [2.24, 2.45) is 17.8 Å². The van der Waals surface area contributed by atoms with E-state index in [0.29, 0.717) is 5.41 Å². The quantitative estimate of drug-likeness (QED) is 0.699. The first-order chi connectivity index (χ1) is 11.2. The van der Waals surface area contributed by atoms with Gasteiger partial charge in [-0.2, -0.15) is 0 Å². The highest BCUT2D eigenvalue weighted by Gasteiger charge is 2.52. The minimum Gasteiger partial charge on any atom is -0.496 e. The molecule has 0 aliphatic heterocycles. The minimum atomic E-state index is 0.401. The standard InChI is InChI=1S/C22H26O/c1-14-4-3-5-18-9-20(21(23-2)10-19(14)18)22-11-15-6-16(12-22)8-17(7-15)13-22/h3-5,9-10,15-17H,6-8,11-13H2,1-2H3. The molecule has 4 aliphatic rings. The topological polar surface area (TPSA) is 9.23 Å². The van der Waals surface area contributed by atoms with Crippen molar-refractivity contribution in [3.05, 3.63) is 41.5 Å². The largest absolute Gasteiger partial charge is 0.496 e. The summed E-state index contributed by atoms with van der Waals surface area (Å²) in [5.74, 6) is 4.05. The van der Waals surface area contributed by atoms with Crippen molar-refractivity contribution in [3.8, 4) is 5.75 Å². The van der Waals surface area contributed by atoms with Crippen LogP contribution in [-0.4, -0.2) is 7.11 Å². The SMILES string of the molecule is COc1cc2c(C)cccc2cc1C12CC3CC(CC(C3)C1)C2. The molecular weight excluding hydrogens is 280 g/mol. The monoisotopic (exact) mass is 306 g/mol.